The summed E-state index contributed by atoms with van der Waals surface area (Å²) in [7, 11) is 0. The number of aromatic amines is 1. The van der Waals surface area contributed by atoms with Crippen LogP contribution in [0, 0.1) is 0 Å². The lowest BCUT2D eigenvalue weighted by molar-refractivity contribution is 0.811. The molecule has 0 radical (unpaired) electrons. The van der Waals surface area contributed by atoms with Crippen molar-refractivity contribution in [3.05, 3.63) is 103 Å². The topological polar surface area (TPSA) is 80.1 Å². The van der Waals surface area contributed by atoms with E-state index < -0.39 is 5.56 Å². The van der Waals surface area contributed by atoms with E-state index in [4.69, 9.17) is 0 Å². The van der Waals surface area contributed by atoms with Gasteiger partial charge >= 0.3 is 0 Å². The lowest BCUT2D eigenvalue weighted by Gasteiger charge is -1.99. The Labute approximate surface area is 162 Å². The van der Waals surface area contributed by atoms with Crippen LogP contribution in [0.2, 0.25) is 0 Å². The molecule has 3 aromatic heterocycles. The number of thiazole rings is 1. The summed E-state index contributed by atoms with van der Waals surface area (Å²) in [6, 6.07) is 17.4. The molecule has 0 unspecified atom stereocenters. The molecule has 6 nitrogen and oxygen atoms in total. The fourth-order valence-corrected chi connectivity index (χ4v) is 4.09. The van der Waals surface area contributed by atoms with Gasteiger partial charge in [0.25, 0.3) is 11.1 Å². The highest BCUT2D eigenvalue weighted by Gasteiger charge is 2.12. The Hall–Kier alpha value is -3.58. The fourth-order valence-electron chi connectivity index (χ4n) is 3.20. The summed E-state index contributed by atoms with van der Waals surface area (Å²) in [6.07, 6.45) is 4.01. The number of rotatable bonds is 3. The molecular weight excluding hydrogens is 372 g/mol. The van der Waals surface area contributed by atoms with Crippen molar-refractivity contribution in [2.75, 3.05) is 0 Å². The molecule has 1 N–H and O–H groups in total. The van der Waals surface area contributed by atoms with Crippen LogP contribution in [0.25, 0.3) is 21.9 Å². The number of fused-ring (bicyclic) bond motifs is 2. The van der Waals surface area contributed by atoms with E-state index in [1.807, 2.05) is 66.9 Å². The number of nitrogens with one attached hydrogen (secondary N) is 1. The zero-order valence-corrected chi connectivity index (χ0v) is 15.4. The molecule has 3 heterocycles. The van der Waals surface area contributed by atoms with Gasteiger partial charge in [-0.1, -0.05) is 59.9 Å². The van der Waals surface area contributed by atoms with Gasteiger partial charge in [0, 0.05) is 29.1 Å². The average Bonchev–Trinajstić information content (AvgIpc) is 3.25. The quantitative estimate of drug-likeness (QED) is 0.515. The highest BCUT2D eigenvalue weighted by Crippen LogP contribution is 2.18. The van der Waals surface area contributed by atoms with E-state index in [9.17, 15) is 9.59 Å². The molecule has 5 aromatic rings. The number of hydrogen-bond donors (Lipinski definition) is 1. The Bertz CT molecular complexity index is 1480. The molecule has 0 amide bonds. The molecule has 5 rings (SSSR count). The molecule has 0 aliphatic rings. The predicted octanol–water partition coefficient (Wildman–Crippen LogP) is 2.13. The predicted molar refractivity (Wildman–Crippen MR) is 110 cm³/mol. The van der Waals surface area contributed by atoms with Crippen LogP contribution < -0.4 is 15.7 Å². The highest BCUT2D eigenvalue weighted by atomic mass is 32.1. The largest absolute Gasteiger partial charge is 0.361 e. The first-order valence-electron chi connectivity index (χ1n) is 8.73. The Balaban J connectivity index is 1.65. The van der Waals surface area contributed by atoms with Crippen molar-refractivity contribution in [1.82, 2.24) is 19.6 Å². The molecule has 0 aliphatic carbocycles. The van der Waals surface area contributed by atoms with E-state index in [-0.39, 0.29) is 11.3 Å². The number of nitrogens with zero attached hydrogens (tertiary/aromatic N) is 3. The summed E-state index contributed by atoms with van der Waals surface area (Å²) in [5, 5.41) is 5.32. The van der Waals surface area contributed by atoms with E-state index >= 15 is 0 Å². The first kappa shape index (κ1) is 16.6. The summed E-state index contributed by atoms with van der Waals surface area (Å²) in [4.78, 5) is 32.8. The third kappa shape index (κ3) is 2.82. The number of benzene rings is 2. The second-order valence-electron chi connectivity index (χ2n) is 6.43. The summed E-state index contributed by atoms with van der Waals surface area (Å²) in [5.74, 6) is 0. The van der Waals surface area contributed by atoms with Crippen molar-refractivity contribution in [2.45, 2.75) is 6.42 Å². The lowest BCUT2D eigenvalue weighted by Crippen LogP contribution is -2.28. The van der Waals surface area contributed by atoms with E-state index in [1.165, 1.54) is 15.9 Å². The minimum absolute atomic E-state index is 0.261. The van der Waals surface area contributed by atoms with Crippen molar-refractivity contribution in [2.24, 2.45) is 0 Å². The van der Waals surface area contributed by atoms with Gasteiger partial charge in [0.1, 0.15) is 5.69 Å². The zero-order chi connectivity index (χ0) is 19.1. The minimum Gasteiger partial charge on any atom is -0.361 e. The maximum Gasteiger partial charge on any atom is 0.296 e. The second-order valence-corrected chi connectivity index (χ2v) is 7.43. The Morgan fingerprint density at radius 3 is 2.68 bits per heavy atom. The third-order valence-corrected chi connectivity index (χ3v) is 5.53. The van der Waals surface area contributed by atoms with Crippen LogP contribution in [0.3, 0.4) is 0 Å². The first-order chi connectivity index (χ1) is 13.7. The second kappa shape index (κ2) is 6.54. The van der Waals surface area contributed by atoms with E-state index in [2.05, 4.69) is 15.1 Å². The molecule has 7 heteroatoms. The first-order valence-corrected chi connectivity index (χ1v) is 9.55. The normalized spacial score (nSPS) is 12.2. The molecular formula is C21H14N4O2S. The van der Waals surface area contributed by atoms with Gasteiger partial charge in [0.05, 0.1) is 4.53 Å². The highest BCUT2D eigenvalue weighted by molar-refractivity contribution is 7.15. The Kier molecular flexibility index (Phi) is 3.87. The van der Waals surface area contributed by atoms with Gasteiger partial charge in [-0.15, -0.1) is 0 Å². The van der Waals surface area contributed by atoms with Crippen molar-refractivity contribution in [3.8, 4) is 0 Å². The van der Waals surface area contributed by atoms with Gasteiger partial charge < -0.3 is 4.98 Å². The molecule has 0 atom stereocenters. The van der Waals surface area contributed by atoms with Gasteiger partial charge in [0.15, 0.2) is 0 Å². The molecule has 0 aliphatic heterocycles. The molecule has 0 saturated heterocycles. The van der Waals surface area contributed by atoms with Gasteiger partial charge in [-0.3, -0.25) is 9.59 Å². The molecule has 136 valence electrons. The Morgan fingerprint density at radius 2 is 1.82 bits per heavy atom. The van der Waals surface area contributed by atoms with E-state index in [0.717, 1.165) is 22.0 Å². The summed E-state index contributed by atoms with van der Waals surface area (Å²) < 4.78 is 1.71. The molecule has 0 bridgehead atoms. The number of para-hydroxylation sites is 1. The van der Waals surface area contributed by atoms with Crippen molar-refractivity contribution >= 4 is 33.3 Å². The van der Waals surface area contributed by atoms with Crippen LogP contribution in [-0.2, 0) is 6.42 Å². The van der Waals surface area contributed by atoms with Crippen molar-refractivity contribution in [1.29, 1.82) is 0 Å². The van der Waals surface area contributed by atoms with Gasteiger partial charge in [0.2, 0.25) is 4.96 Å². The van der Waals surface area contributed by atoms with Crippen LogP contribution in [0.4, 0.5) is 0 Å². The van der Waals surface area contributed by atoms with Crippen molar-refractivity contribution in [3.63, 3.8) is 0 Å². The smallest absolute Gasteiger partial charge is 0.296 e. The average molecular weight is 386 g/mol. The van der Waals surface area contributed by atoms with Crippen LogP contribution in [-0.4, -0.2) is 19.6 Å². The van der Waals surface area contributed by atoms with Gasteiger partial charge in [-0.25, -0.2) is 0 Å². The summed E-state index contributed by atoms with van der Waals surface area (Å²) in [5.41, 5.74) is 2.44. The maximum absolute atomic E-state index is 12.8. The molecule has 2 aromatic carbocycles. The fraction of sp³-hybridized carbons (Fsp3) is 0.0476. The molecule has 0 spiro atoms. The number of aromatic nitrogens is 4. The van der Waals surface area contributed by atoms with Gasteiger partial charge in [-0.2, -0.15) is 14.6 Å². The standard InChI is InChI=1S/C21H14N4O2S/c26-19-17(10-13-6-2-1-3-7-13)24-25-20(27)18(28-21(25)23-19)11-14-12-22-16-9-5-4-8-15(14)16/h1-9,11-12,22H,10H2/b18-11-. The summed E-state index contributed by atoms with van der Waals surface area (Å²) in [6.45, 7) is 0. The van der Waals surface area contributed by atoms with Crippen LogP contribution in [0.15, 0.2) is 70.4 Å². The monoisotopic (exact) mass is 386 g/mol. The van der Waals surface area contributed by atoms with Crippen LogP contribution in [0.1, 0.15) is 16.8 Å². The summed E-state index contributed by atoms with van der Waals surface area (Å²) >= 11 is 1.17. The number of hydrogen-bond acceptors (Lipinski definition) is 5. The molecule has 28 heavy (non-hydrogen) atoms. The Morgan fingerprint density at radius 1 is 1.04 bits per heavy atom. The SMILES string of the molecule is O=c1nc2s/c(=C\c3c[nH]c4ccccc34)c(=O)n2nc1Cc1ccccc1. The molecule has 0 saturated carbocycles. The zero-order valence-electron chi connectivity index (χ0n) is 14.6. The minimum atomic E-state index is -0.399. The maximum atomic E-state index is 12.8. The van der Waals surface area contributed by atoms with Crippen LogP contribution in [0.5, 0.6) is 0 Å². The number of H-pyrrole nitrogens is 1. The third-order valence-electron chi connectivity index (χ3n) is 4.57. The van der Waals surface area contributed by atoms with E-state index in [1.54, 1.807) is 0 Å². The van der Waals surface area contributed by atoms with Gasteiger partial charge in [-0.05, 0) is 17.7 Å². The van der Waals surface area contributed by atoms with Crippen molar-refractivity contribution < 1.29 is 0 Å². The van der Waals surface area contributed by atoms with Crippen LogP contribution >= 0.6 is 11.3 Å². The van der Waals surface area contributed by atoms with E-state index in [0.29, 0.717) is 15.9 Å². The lowest BCUT2D eigenvalue weighted by atomic mass is 10.1. The molecule has 0 fully saturated rings.